The van der Waals surface area contributed by atoms with Gasteiger partial charge in [-0.25, -0.2) is 9.59 Å². The van der Waals surface area contributed by atoms with Gasteiger partial charge < -0.3 is 26.8 Å². The van der Waals surface area contributed by atoms with Crippen molar-refractivity contribution in [2.45, 2.75) is 12.5 Å². The van der Waals surface area contributed by atoms with Crippen LogP contribution in [0.15, 0.2) is 12.7 Å². The number of urea groups is 1. The molecular formula is C10H16N4O5. The average molecular weight is 272 g/mol. The zero-order valence-corrected chi connectivity index (χ0v) is 10.2. The first kappa shape index (κ1) is 16.4. The summed E-state index contributed by atoms with van der Waals surface area (Å²) in [6.45, 7) is 2.26. The van der Waals surface area contributed by atoms with Crippen LogP contribution in [0.1, 0.15) is 6.42 Å². The molecular weight excluding hydrogens is 256 g/mol. The number of aliphatic carboxylic acids is 1. The molecule has 0 saturated carbocycles. The van der Waals surface area contributed by atoms with Gasteiger partial charge >= 0.3 is 12.0 Å². The third-order valence-electron chi connectivity index (χ3n) is 1.98. The molecule has 6 N–H and O–H groups in total. The monoisotopic (exact) mass is 272 g/mol. The van der Waals surface area contributed by atoms with Gasteiger partial charge in [0.2, 0.25) is 11.8 Å². The smallest absolute Gasteiger partial charge is 0.326 e. The molecule has 0 saturated heterocycles. The molecule has 4 amide bonds. The van der Waals surface area contributed by atoms with Gasteiger partial charge in [-0.05, 0) is 6.42 Å². The van der Waals surface area contributed by atoms with Crippen molar-refractivity contribution < 1.29 is 24.3 Å². The van der Waals surface area contributed by atoms with Crippen LogP contribution in [0.25, 0.3) is 0 Å². The second-order valence-corrected chi connectivity index (χ2v) is 3.65. The normalized spacial score (nSPS) is 11.2. The van der Waals surface area contributed by atoms with Crippen LogP contribution in [0.2, 0.25) is 0 Å². The van der Waals surface area contributed by atoms with Crippen molar-refractivity contribution in [3.8, 4) is 0 Å². The van der Waals surface area contributed by atoms with E-state index in [1.807, 2.05) is 0 Å². The van der Waals surface area contributed by atoms with Crippen molar-refractivity contribution in [1.82, 2.24) is 10.2 Å². The Morgan fingerprint density at radius 3 is 2.00 bits per heavy atom. The molecule has 1 unspecified atom stereocenters. The summed E-state index contributed by atoms with van der Waals surface area (Å²) >= 11 is 0. The standard InChI is InChI=1S/C10H16N4O5/c1-2-3-6(9(17)18)13-10(19)14(4-7(11)15)5-8(12)16/h2,6H,1,3-5H2,(H2,11,15)(H2,12,16)(H,13,19)(H,17,18). The van der Waals surface area contributed by atoms with Gasteiger partial charge in [0.25, 0.3) is 0 Å². The lowest BCUT2D eigenvalue weighted by Crippen LogP contribution is -2.52. The highest BCUT2D eigenvalue weighted by atomic mass is 16.4. The molecule has 0 heterocycles. The zero-order valence-electron chi connectivity index (χ0n) is 10.2. The molecule has 0 spiro atoms. The predicted octanol–water partition coefficient (Wildman–Crippen LogP) is -2.00. The van der Waals surface area contributed by atoms with Crippen molar-refractivity contribution in [1.29, 1.82) is 0 Å². The van der Waals surface area contributed by atoms with Gasteiger partial charge in [-0.2, -0.15) is 0 Å². The summed E-state index contributed by atoms with van der Waals surface area (Å²) in [7, 11) is 0. The maximum absolute atomic E-state index is 11.7. The van der Waals surface area contributed by atoms with Crippen LogP contribution in [0, 0.1) is 0 Å². The van der Waals surface area contributed by atoms with Gasteiger partial charge in [0.15, 0.2) is 0 Å². The van der Waals surface area contributed by atoms with E-state index in [1.54, 1.807) is 0 Å². The number of primary amides is 2. The van der Waals surface area contributed by atoms with E-state index in [-0.39, 0.29) is 6.42 Å². The summed E-state index contributed by atoms with van der Waals surface area (Å²) in [6.07, 6.45) is 1.30. The summed E-state index contributed by atoms with van der Waals surface area (Å²) in [6, 6.07) is -2.14. The Hall–Kier alpha value is -2.58. The number of amides is 4. The van der Waals surface area contributed by atoms with Crippen LogP contribution in [0.5, 0.6) is 0 Å². The van der Waals surface area contributed by atoms with E-state index in [4.69, 9.17) is 16.6 Å². The maximum atomic E-state index is 11.7. The van der Waals surface area contributed by atoms with Crippen LogP contribution in [-0.2, 0) is 14.4 Å². The SMILES string of the molecule is C=CCC(NC(=O)N(CC(N)=O)CC(N)=O)C(=O)O. The van der Waals surface area contributed by atoms with E-state index < -0.39 is 42.9 Å². The lowest BCUT2D eigenvalue weighted by atomic mass is 10.2. The highest BCUT2D eigenvalue weighted by Crippen LogP contribution is 1.97. The molecule has 0 aromatic heterocycles. The Balaban J connectivity index is 4.77. The number of rotatable bonds is 8. The molecule has 0 fully saturated rings. The van der Waals surface area contributed by atoms with E-state index in [2.05, 4.69) is 11.9 Å². The molecule has 0 aromatic rings. The number of nitrogens with zero attached hydrogens (tertiary/aromatic N) is 1. The summed E-state index contributed by atoms with van der Waals surface area (Å²) < 4.78 is 0. The van der Waals surface area contributed by atoms with Crippen LogP contribution in [-0.4, -0.2) is 53.0 Å². The lowest BCUT2D eigenvalue weighted by molar-refractivity contribution is -0.139. The largest absolute Gasteiger partial charge is 0.480 e. The van der Waals surface area contributed by atoms with Crippen LogP contribution >= 0.6 is 0 Å². The molecule has 0 aromatic carbocycles. The predicted molar refractivity (Wildman–Crippen MR) is 64.7 cm³/mol. The minimum atomic E-state index is -1.27. The first-order chi connectivity index (χ1) is 8.77. The second-order valence-electron chi connectivity index (χ2n) is 3.65. The van der Waals surface area contributed by atoms with Crippen molar-refractivity contribution in [3.63, 3.8) is 0 Å². The van der Waals surface area contributed by atoms with Gasteiger partial charge in [-0.1, -0.05) is 6.08 Å². The van der Waals surface area contributed by atoms with E-state index in [1.165, 1.54) is 6.08 Å². The van der Waals surface area contributed by atoms with E-state index in [9.17, 15) is 19.2 Å². The summed E-state index contributed by atoms with van der Waals surface area (Å²) in [4.78, 5) is 44.8. The summed E-state index contributed by atoms with van der Waals surface area (Å²) in [5.41, 5.74) is 9.82. The van der Waals surface area contributed by atoms with Crippen LogP contribution in [0.4, 0.5) is 4.79 Å². The fourth-order valence-electron chi connectivity index (χ4n) is 1.20. The molecule has 19 heavy (non-hydrogen) atoms. The highest BCUT2D eigenvalue weighted by Gasteiger charge is 2.23. The fourth-order valence-corrected chi connectivity index (χ4v) is 1.20. The Bertz CT molecular complexity index is 379. The van der Waals surface area contributed by atoms with Gasteiger partial charge in [-0.3, -0.25) is 9.59 Å². The number of nitrogens with two attached hydrogens (primary N) is 2. The molecule has 9 heteroatoms. The van der Waals surface area contributed by atoms with Gasteiger partial charge in [0.1, 0.15) is 19.1 Å². The minimum Gasteiger partial charge on any atom is -0.480 e. The Labute approximate surface area is 109 Å². The Kier molecular flexibility index (Phi) is 6.65. The van der Waals surface area contributed by atoms with Crippen molar-refractivity contribution in [2.24, 2.45) is 11.5 Å². The molecule has 106 valence electrons. The van der Waals surface area contributed by atoms with Gasteiger partial charge in [0, 0.05) is 0 Å². The molecule has 0 radical (unpaired) electrons. The number of carboxylic acids is 1. The van der Waals surface area contributed by atoms with E-state index in [0.29, 0.717) is 0 Å². The topological polar surface area (TPSA) is 156 Å². The quantitative estimate of drug-likeness (QED) is 0.376. The summed E-state index contributed by atoms with van der Waals surface area (Å²) in [5.74, 6) is -2.98. The zero-order chi connectivity index (χ0) is 15.0. The van der Waals surface area contributed by atoms with Crippen molar-refractivity contribution in [2.75, 3.05) is 13.1 Å². The summed E-state index contributed by atoms with van der Waals surface area (Å²) in [5, 5.41) is 11.0. The fraction of sp³-hybridized carbons (Fsp3) is 0.400. The number of carboxylic acid groups (broad SMARTS) is 1. The van der Waals surface area contributed by atoms with E-state index >= 15 is 0 Å². The van der Waals surface area contributed by atoms with Crippen molar-refractivity contribution >= 4 is 23.8 Å². The number of hydrogen-bond donors (Lipinski definition) is 4. The van der Waals surface area contributed by atoms with Crippen LogP contribution < -0.4 is 16.8 Å². The minimum absolute atomic E-state index is 0.0118. The van der Waals surface area contributed by atoms with Gasteiger partial charge in [0.05, 0.1) is 0 Å². The van der Waals surface area contributed by atoms with E-state index in [0.717, 1.165) is 4.90 Å². The second kappa shape index (κ2) is 7.69. The maximum Gasteiger partial charge on any atom is 0.326 e. The molecule has 0 aliphatic carbocycles. The number of nitrogens with one attached hydrogen (secondary N) is 1. The molecule has 9 nitrogen and oxygen atoms in total. The van der Waals surface area contributed by atoms with Crippen molar-refractivity contribution in [3.05, 3.63) is 12.7 Å². The third-order valence-corrected chi connectivity index (χ3v) is 1.98. The molecule has 1 atom stereocenters. The van der Waals surface area contributed by atoms with Gasteiger partial charge in [-0.15, -0.1) is 6.58 Å². The number of hydrogen-bond acceptors (Lipinski definition) is 4. The molecule has 0 aliphatic heterocycles. The first-order valence-electron chi connectivity index (χ1n) is 5.23. The third kappa shape index (κ3) is 6.66. The molecule has 0 rings (SSSR count). The number of carbonyl (C=O) groups is 4. The lowest BCUT2D eigenvalue weighted by Gasteiger charge is -2.22. The average Bonchev–Trinajstić information content (AvgIpc) is 2.25. The molecule has 0 aliphatic rings. The Morgan fingerprint density at radius 2 is 1.68 bits per heavy atom. The first-order valence-corrected chi connectivity index (χ1v) is 5.23. The molecule has 0 bridgehead atoms. The highest BCUT2D eigenvalue weighted by molar-refractivity contribution is 5.89. The number of carbonyl (C=O) groups excluding carboxylic acids is 3. The Morgan fingerprint density at radius 1 is 1.21 bits per heavy atom. The van der Waals surface area contributed by atoms with Crippen LogP contribution in [0.3, 0.4) is 0 Å².